The van der Waals surface area contributed by atoms with E-state index in [1.54, 1.807) is 22.5 Å². The Morgan fingerprint density at radius 1 is 0.912 bits per heavy atom. The highest BCUT2D eigenvalue weighted by Gasteiger charge is 2.29. The number of rotatable bonds is 5. The van der Waals surface area contributed by atoms with Crippen LogP contribution in [0.5, 0.6) is 0 Å². The SMILES string of the molecule is Cc1cc(N2CCN(C(=O)c3cc(S(=O)(=O)N4CCCCC4)ccc3C)CC2)nc(C(C)C)n1. The molecule has 0 radical (unpaired) electrons. The van der Waals surface area contributed by atoms with Crippen molar-refractivity contribution in [2.45, 2.75) is 57.8 Å². The highest BCUT2D eigenvalue weighted by atomic mass is 32.2. The molecule has 1 amide bonds. The molecule has 1 aromatic heterocycles. The number of piperazine rings is 1. The monoisotopic (exact) mass is 485 g/mol. The number of aryl methyl sites for hydroxylation is 2. The van der Waals surface area contributed by atoms with Crippen molar-refractivity contribution in [3.8, 4) is 0 Å². The van der Waals surface area contributed by atoms with Crippen molar-refractivity contribution < 1.29 is 13.2 Å². The van der Waals surface area contributed by atoms with Gasteiger partial charge in [0.25, 0.3) is 5.91 Å². The van der Waals surface area contributed by atoms with Gasteiger partial charge in [-0.25, -0.2) is 18.4 Å². The molecule has 2 saturated heterocycles. The maximum absolute atomic E-state index is 13.4. The molecule has 2 aromatic rings. The average molecular weight is 486 g/mol. The molecule has 3 heterocycles. The summed E-state index contributed by atoms with van der Waals surface area (Å²) in [5, 5.41) is 0. The first kappa shape index (κ1) is 24.6. The van der Waals surface area contributed by atoms with Crippen LogP contribution in [0, 0.1) is 13.8 Å². The summed E-state index contributed by atoms with van der Waals surface area (Å²) >= 11 is 0. The van der Waals surface area contributed by atoms with Gasteiger partial charge in [0, 0.05) is 62.5 Å². The summed E-state index contributed by atoms with van der Waals surface area (Å²) in [5.74, 6) is 1.86. The number of nitrogens with zero attached hydrogens (tertiary/aromatic N) is 5. The number of anilines is 1. The summed E-state index contributed by atoms with van der Waals surface area (Å²) in [6.07, 6.45) is 2.82. The lowest BCUT2D eigenvalue weighted by molar-refractivity contribution is 0.0745. The first-order chi connectivity index (χ1) is 16.2. The van der Waals surface area contributed by atoms with E-state index in [4.69, 9.17) is 4.98 Å². The smallest absolute Gasteiger partial charge is 0.254 e. The summed E-state index contributed by atoms with van der Waals surface area (Å²) in [7, 11) is -3.59. The molecule has 184 valence electrons. The third-order valence-corrected chi connectivity index (χ3v) is 8.55. The molecule has 0 N–H and O–H groups in total. The van der Waals surface area contributed by atoms with Crippen LogP contribution in [0.25, 0.3) is 0 Å². The Balaban J connectivity index is 1.49. The van der Waals surface area contributed by atoms with Crippen molar-refractivity contribution in [2.24, 2.45) is 0 Å². The second-order valence-corrected chi connectivity index (χ2v) is 11.5. The fourth-order valence-corrected chi connectivity index (χ4v) is 6.09. The number of hydrogen-bond donors (Lipinski definition) is 0. The zero-order chi connectivity index (χ0) is 24.5. The largest absolute Gasteiger partial charge is 0.353 e. The van der Waals surface area contributed by atoms with E-state index in [0.717, 1.165) is 42.2 Å². The van der Waals surface area contributed by atoms with Crippen molar-refractivity contribution in [2.75, 3.05) is 44.2 Å². The Kier molecular flexibility index (Phi) is 7.23. The molecule has 2 aliphatic heterocycles. The zero-order valence-corrected chi connectivity index (χ0v) is 21.4. The van der Waals surface area contributed by atoms with Gasteiger partial charge >= 0.3 is 0 Å². The Bertz CT molecular complexity index is 1150. The molecule has 0 aliphatic carbocycles. The van der Waals surface area contributed by atoms with Gasteiger partial charge in [-0.05, 0) is 44.4 Å². The highest BCUT2D eigenvalue weighted by Crippen LogP contribution is 2.25. The van der Waals surface area contributed by atoms with Gasteiger partial charge in [-0.3, -0.25) is 4.79 Å². The number of benzene rings is 1. The predicted octanol–water partition coefficient (Wildman–Crippen LogP) is 3.35. The Labute approximate surface area is 203 Å². The first-order valence-electron chi connectivity index (χ1n) is 12.2. The normalized spacial score (nSPS) is 17.9. The summed E-state index contributed by atoms with van der Waals surface area (Å²) in [6, 6.07) is 6.92. The van der Waals surface area contributed by atoms with E-state index in [-0.39, 0.29) is 16.7 Å². The second kappa shape index (κ2) is 10.00. The lowest BCUT2D eigenvalue weighted by Crippen LogP contribution is -2.49. The van der Waals surface area contributed by atoms with E-state index in [9.17, 15) is 13.2 Å². The standard InChI is InChI=1S/C25H35N5O3S/c1-18(2)24-26-20(4)16-23(27-24)28-12-14-29(15-13-28)25(31)22-17-21(9-8-19(22)3)34(32,33)30-10-6-5-7-11-30/h8-9,16-18H,5-7,10-15H2,1-4H3. The average Bonchev–Trinajstić information content (AvgIpc) is 2.84. The number of carbonyl (C=O) groups is 1. The number of sulfonamides is 1. The van der Waals surface area contributed by atoms with E-state index in [0.29, 0.717) is 44.8 Å². The van der Waals surface area contributed by atoms with Crippen molar-refractivity contribution in [3.05, 3.63) is 46.9 Å². The van der Waals surface area contributed by atoms with E-state index in [2.05, 4.69) is 23.7 Å². The molecular formula is C25H35N5O3S. The molecule has 0 atom stereocenters. The third-order valence-electron chi connectivity index (χ3n) is 6.66. The fraction of sp³-hybridized carbons (Fsp3) is 0.560. The van der Waals surface area contributed by atoms with Crippen LogP contribution in [-0.2, 0) is 10.0 Å². The van der Waals surface area contributed by atoms with Crippen molar-refractivity contribution in [1.29, 1.82) is 0 Å². The molecule has 0 bridgehead atoms. The number of piperidine rings is 1. The molecule has 2 aliphatic rings. The Morgan fingerprint density at radius 3 is 2.24 bits per heavy atom. The van der Waals surface area contributed by atoms with E-state index >= 15 is 0 Å². The molecule has 2 fully saturated rings. The predicted molar refractivity (Wildman–Crippen MR) is 133 cm³/mol. The van der Waals surface area contributed by atoms with Gasteiger partial charge in [-0.15, -0.1) is 0 Å². The van der Waals surface area contributed by atoms with Crippen molar-refractivity contribution in [1.82, 2.24) is 19.2 Å². The minimum absolute atomic E-state index is 0.116. The van der Waals surface area contributed by atoms with Gasteiger partial charge in [0.05, 0.1) is 4.90 Å². The van der Waals surface area contributed by atoms with E-state index < -0.39 is 10.0 Å². The summed E-state index contributed by atoms with van der Waals surface area (Å²) in [4.78, 5) is 26.8. The van der Waals surface area contributed by atoms with Gasteiger partial charge in [0.1, 0.15) is 11.6 Å². The summed E-state index contributed by atoms with van der Waals surface area (Å²) < 4.78 is 27.8. The molecule has 8 nitrogen and oxygen atoms in total. The van der Waals surface area contributed by atoms with Crippen LogP contribution in [0.3, 0.4) is 0 Å². The van der Waals surface area contributed by atoms with Crippen LogP contribution >= 0.6 is 0 Å². The first-order valence-corrected chi connectivity index (χ1v) is 13.6. The van der Waals surface area contributed by atoms with Gasteiger partial charge < -0.3 is 9.80 Å². The molecule has 0 spiro atoms. The molecule has 0 unspecified atom stereocenters. The maximum Gasteiger partial charge on any atom is 0.254 e. The highest BCUT2D eigenvalue weighted by molar-refractivity contribution is 7.89. The molecule has 0 saturated carbocycles. The quantitative estimate of drug-likeness (QED) is 0.646. The second-order valence-electron chi connectivity index (χ2n) is 9.60. The van der Waals surface area contributed by atoms with E-state index in [1.807, 2.05) is 24.8 Å². The van der Waals surface area contributed by atoms with E-state index in [1.165, 1.54) is 0 Å². The lowest BCUT2D eigenvalue weighted by Gasteiger charge is -2.36. The van der Waals surface area contributed by atoms with Crippen molar-refractivity contribution >= 4 is 21.7 Å². The van der Waals surface area contributed by atoms with Crippen LogP contribution in [0.1, 0.15) is 66.5 Å². The summed E-state index contributed by atoms with van der Waals surface area (Å²) in [5.41, 5.74) is 2.19. The van der Waals surface area contributed by atoms with Gasteiger partial charge in [-0.1, -0.05) is 26.3 Å². The fourth-order valence-electron chi connectivity index (χ4n) is 4.55. The Morgan fingerprint density at radius 2 is 1.59 bits per heavy atom. The van der Waals surface area contributed by atoms with Gasteiger partial charge in [-0.2, -0.15) is 4.31 Å². The number of aromatic nitrogens is 2. The minimum atomic E-state index is -3.59. The number of amides is 1. The minimum Gasteiger partial charge on any atom is -0.353 e. The molecular weight excluding hydrogens is 450 g/mol. The topological polar surface area (TPSA) is 86.7 Å². The third kappa shape index (κ3) is 5.10. The van der Waals surface area contributed by atoms with Crippen LogP contribution < -0.4 is 4.90 Å². The van der Waals surface area contributed by atoms with Crippen molar-refractivity contribution in [3.63, 3.8) is 0 Å². The Hall–Kier alpha value is -2.52. The number of hydrogen-bond acceptors (Lipinski definition) is 6. The summed E-state index contributed by atoms with van der Waals surface area (Å²) in [6.45, 7) is 11.5. The lowest BCUT2D eigenvalue weighted by atomic mass is 10.1. The van der Waals surface area contributed by atoms with Gasteiger partial charge in [0.15, 0.2) is 0 Å². The van der Waals surface area contributed by atoms with Crippen LogP contribution in [0.2, 0.25) is 0 Å². The maximum atomic E-state index is 13.4. The molecule has 1 aromatic carbocycles. The van der Waals surface area contributed by atoms with Crippen LogP contribution in [-0.4, -0.2) is 72.8 Å². The van der Waals surface area contributed by atoms with Crippen LogP contribution in [0.4, 0.5) is 5.82 Å². The van der Waals surface area contributed by atoms with Gasteiger partial charge in [0.2, 0.25) is 10.0 Å². The van der Waals surface area contributed by atoms with Crippen LogP contribution in [0.15, 0.2) is 29.2 Å². The molecule has 9 heteroatoms. The number of carbonyl (C=O) groups excluding carboxylic acids is 1. The molecule has 34 heavy (non-hydrogen) atoms. The zero-order valence-electron chi connectivity index (χ0n) is 20.6. The molecule has 4 rings (SSSR count).